The highest BCUT2D eigenvalue weighted by molar-refractivity contribution is 7.11. The fourth-order valence-corrected chi connectivity index (χ4v) is 3.94. The topological polar surface area (TPSA) is 52.6 Å². The van der Waals surface area contributed by atoms with Crippen molar-refractivity contribution in [1.82, 2.24) is 20.5 Å². The molecular weight excluding hydrogens is 306 g/mol. The lowest BCUT2D eigenvalue weighted by molar-refractivity contribution is 0.315. The van der Waals surface area contributed by atoms with E-state index < -0.39 is 0 Å². The van der Waals surface area contributed by atoms with Crippen molar-refractivity contribution in [2.75, 3.05) is 32.7 Å². The van der Waals surface area contributed by atoms with Crippen LogP contribution in [0.4, 0.5) is 0 Å². The third-order valence-electron chi connectivity index (χ3n) is 4.53. The summed E-state index contributed by atoms with van der Waals surface area (Å²) in [6, 6.07) is 0.900. The van der Waals surface area contributed by atoms with E-state index in [0.717, 1.165) is 44.0 Å². The number of thiazole rings is 1. The van der Waals surface area contributed by atoms with Gasteiger partial charge in [-0.25, -0.2) is 4.98 Å². The number of aryl methyl sites for hydroxylation is 1. The van der Waals surface area contributed by atoms with Gasteiger partial charge in [0.05, 0.1) is 5.01 Å². The number of guanidine groups is 1. The predicted octanol–water partition coefficient (Wildman–Crippen LogP) is 2.03. The Bertz CT molecular complexity index is 523. The molecule has 3 rings (SSSR count). The van der Waals surface area contributed by atoms with Crippen LogP contribution in [-0.2, 0) is 6.42 Å². The summed E-state index contributed by atoms with van der Waals surface area (Å²) in [4.78, 5) is 13.1. The molecule has 0 amide bonds. The molecule has 128 valence electrons. The Balaban J connectivity index is 1.41. The predicted molar refractivity (Wildman–Crippen MR) is 97.2 cm³/mol. The van der Waals surface area contributed by atoms with Gasteiger partial charge in [-0.15, -0.1) is 11.3 Å². The van der Waals surface area contributed by atoms with Crippen LogP contribution in [0.5, 0.6) is 0 Å². The molecule has 23 heavy (non-hydrogen) atoms. The quantitative estimate of drug-likeness (QED) is 0.591. The van der Waals surface area contributed by atoms with E-state index in [2.05, 4.69) is 34.4 Å². The zero-order valence-electron chi connectivity index (χ0n) is 14.3. The van der Waals surface area contributed by atoms with E-state index in [4.69, 9.17) is 4.99 Å². The van der Waals surface area contributed by atoms with Gasteiger partial charge in [0, 0.05) is 49.7 Å². The van der Waals surface area contributed by atoms with Gasteiger partial charge in [0.2, 0.25) is 0 Å². The molecular formula is C17H29N5S. The number of hydrogen-bond donors (Lipinski definition) is 2. The maximum atomic E-state index is 4.80. The van der Waals surface area contributed by atoms with Gasteiger partial charge in [-0.3, -0.25) is 4.99 Å². The molecule has 2 aliphatic rings. The van der Waals surface area contributed by atoms with Crippen LogP contribution in [-0.4, -0.2) is 54.6 Å². The van der Waals surface area contributed by atoms with Crippen LogP contribution < -0.4 is 10.6 Å². The van der Waals surface area contributed by atoms with Crippen LogP contribution in [0.1, 0.15) is 36.1 Å². The molecule has 1 aromatic rings. The molecule has 0 radical (unpaired) electrons. The van der Waals surface area contributed by atoms with Crippen molar-refractivity contribution in [1.29, 1.82) is 0 Å². The Hall–Kier alpha value is -1.14. The zero-order chi connectivity index (χ0) is 16.1. The summed E-state index contributed by atoms with van der Waals surface area (Å²) < 4.78 is 0. The molecule has 1 aliphatic heterocycles. The average Bonchev–Trinajstić information content (AvgIpc) is 3.14. The SMILES string of the molecule is CCNC(=NCC1CCN(C2CC2)C1)NCCc1ncc(C)s1. The van der Waals surface area contributed by atoms with Crippen molar-refractivity contribution < 1.29 is 0 Å². The Kier molecular flexibility index (Phi) is 5.89. The largest absolute Gasteiger partial charge is 0.357 e. The number of likely N-dealkylation sites (tertiary alicyclic amines) is 1. The Morgan fingerprint density at radius 1 is 1.39 bits per heavy atom. The Morgan fingerprint density at radius 2 is 2.26 bits per heavy atom. The van der Waals surface area contributed by atoms with Crippen LogP contribution in [0, 0.1) is 12.8 Å². The molecule has 1 aliphatic carbocycles. The van der Waals surface area contributed by atoms with Crippen LogP contribution in [0.15, 0.2) is 11.2 Å². The monoisotopic (exact) mass is 335 g/mol. The third kappa shape index (κ3) is 5.18. The van der Waals surface area contributed by atoms with Gasteiger partial charge in [-0.2, -0.15) is 0 Å². The number of nitrogens with zero attached hydrogens (tertiary/aromatic N) is 3. The number of rotatable bonds is 7. The second-order valence-electron chi connectivity index (χ2n) is 6.64. The fraction of sp³-hybridized carbons (Fsp3) is 0.765. The average molecular weight is 336 g/mol. The van der Waals surface area contributed by atoms with E-state index in [0.29, 0.717) is 0 Å². The maximum absolute atomic E-state index is 4.80. The molecule has 5 nitrogen and oxygen atoms in total. The highest BCUT2D eigenvalue weighted by atomic mass is 32.1. The highest BCUT2D eigenvalue weighted by Crippen LogP contribution is 2.31. The van der Waals surface area contributed by atoms with Crippen molar-refractivity contribution in [3.63, 3.8) is 0 Å². The van der Waals surface area contributed by atoms with E-state index in [1.807, 2.05) is 6.20 Å². The highest BCUT2D eigenvalue weighted by Gasteiger charge is 2.34. The van der Waals surface area contributed by atoms with E-state index in [9.17, 15) is 0 Å². The summed E-state index contributed by atoms with van der Waals surface area (Å²) in [7, 11) is 0. The summed E-state index contributed by atoms with van der Waals surface area (Å²) >= 11 is 1.78. The molecule has 0 bridgehead atoms. The second-order valence-corrected chi connectivity index (χ2v) is 7.96. The minimum absolute atomic E-state index is 0.729. The third-order valence-corrected chi connectivity index (χ3v) is 5.51. The molecule has 1 saturated carbocycles. The van der Waals surface area contributed by atoms with Crippen LogP contribution >= 0.6 is 11.3 Å². The van der Waals surface area contributed by atoms with Crippen LogP contribution in [0.25, 0.3) is 0 Å². The van der Waals surface area contributed by atoms with Crippen LogP contribution in [0.3, 0.4) is 0 Å². The molecule has 1 saturated heterocycles. The molecule has 1 unspecified atom stereocenters. The lowest BCUT2D eigenvalue weighted by atomic mass is 10.1. The van der Waals surface area contributed by atoms with E-state index in [1.54, 1.807) is 11.3 Å². The minimum Gasteiger partial charge on any atom is -0.357 e. The molecule has 6 heteroatoms. The molecule has 1 aromatic heterocycles. The van der Waals surface area contributed by atoms with Gasteiger partial charge in [0.25, 0.3) is 0 Å². The number of hydrogen-bond acceptors (Lipinski definition) is 4. The van der Waals surface area contributed by atoms with Gasteiger partial charge in [0.15, 0.2) is 5.96 Å². The molecule has 1 atom stereocenters. The molecule has 0 aromatic carbocycles. The second kappa shape index (κ2) is 8.11. The first-order chi connectivity index (χ1) is 11.2. The first-order valence-electron chi connectivity index (χ1n) is 8.92. The smallest absolute Gasteiger partial charge is 0.191 e. The van der Waals surface area contributed by atoms with Crippen molar-refractivity contribution in [3.05, 3.63) is 16.1 Å². The summed E-state index contributed by atoms with van der Waals surface area (Å²) in [5.74, 6) is 1.68. The Labute approximate surface area is 143 Å². The van der Waals surface area contributed by atoms with Gasteiger partial charge in [-0.05, 0) is 45.6 Å². The molecule has 2 fully saturated rings. The summed E-state index contributed by atoms with van der Waals surface area (Å²) in [5.41, 5.74) is 0. The molecule has 2 N–H and O–H groups in total. The van der Waals surface area contributed by atoms with Crippen molar-refractivity contribution in [2.45, 2.75) is 45.6 Å². The number of aromatic nitrogens is 1. The fourth-order valence-electron chi connectivity index (χ4n) is 3.15. The zero-order valence-corrected chi connectivity index (χ0v) is 15.2. The molecule has 2 heterocycles. The van der Waals surface area contributed by atoms with E-state index in [1.165, 1.54) is 42.2 Å². The van der Waals surface area contributed by atoms with Crippen molar-refractivity contribution in [2.24, 2.45) is 10.9 Å². The summed E-state index contributed by atoms with van der Waals surface area (Å²) in [5, 5.41) is 7.99. The van der Waals surface area contributed by atoms with Gasteiger partial charge in [0.1, 0.15) is 0 Å². The Morgan fingerprint density at radius 3 is 2.96 bits per heavy atom. The van der Waals surface area contributed by atoms with Crippen molar-refractivity contribution in [3.8, 4) is 0 Å². The van der Waals surface area contributed by atoms with Gasteiger partial charge in [-0.1, -0.05) is 0 Å². The maximum Gasteiger partial charge on any atom is 0.191 e. The lowest BCUT2D eigenvalue weighted by Gasteiger charge is -2.15. The first-order valence-corrected chi connectivity index (χ1v) is 9.73. The lowest BCUT2D eigenvalue weighted by Crippen LogP contribution is -2.38. The first kappa shape index (κ1) is 16.7. The normalized spacial score (nSPS) is 22.5. The summed E-state index contributed by atoms with van der Waals surface area (Å²) in [6.07, 6.45) is 7.04. The van der Waals surface area contributed by atoms with Gasteiger partial charge < -0.3 is 15.5 Å². The summed E-state index contributed by atoms with van der Waals surface area (Å²) in [6.45, 7) is 9.47. The van der Waals surface area contributed by atoms with E-state index in [-0.39, 0.29) is 0 Å². The number of nitrogens with one attached hydrogen (secondary N) is 2. The van der Waals surface area contributed by atoms with Crippen LogP contribution in [0.2, 0.25) is 0 Å². The molecule has 0 spiro atoms. The van der Waals surface area contributed by atoms with Gasteiger partial charge >= 0.3 is 0 Å². The minimum atomic E-state index is 0.729. The van der Waals surface area contributed by atoms with Crippen molar-refractivity contribution >= 4 is 17.3 Å². The number of aliphatic imine (C=N–C) groups is 1. The van der Waals surface area contributed by atoms with E-state index >= 15 is 0 Å². The standard InChI is InChI=1S/C17H29N5S/c1-3-18-17(19-8-6-16-20-10-13(2)23-16)21-11-14-7-9-22(12-14)15-4-5-15/h10,14-15H,3-9,11-12H2,1-2H3,(H2,18,19,21).